The van der Waals surface area contributed by atoms with E-state index in [0.717, 1.165) is 5.56 Å². The molecule has 0 unspecified atom stereocenters. The number of carbonyl (C=O) groups excluding carboxylic acids is 1. The van der Waals surface area contributed by atoms with Crippen molar-refractivity contribution in [2.75, 3.05) is 0 Å². The molecule has 0 aliphatic carbocycles. The van der Waals surface area contributed by atoms with Crippen LogP contribution in [0.25, 0.3) is 0 Å². The van der Waals surface area contributed by atoms with E-state index in [1.54, 1.807) is 29.1 Å². The van der Waals surface area contributed by atoms with E-state index < -0.39 is 0 Å². The van der Waals surface area contributed by atoms with Gasteiger partial charge < -0.3 is 10.4 Å². The predicted molar refractivity (Wildman–Crippen MR) is 66.8 cm³/mol. The average Bonchev–Trinajstić information content (AvgIpc) is 2.87. The van der Waals surface area contributed by atoms with Crippen molar-refractivity contribution < 1.29 is 9.90 Å². The number of benzene rings is 1. The van der Waals surface area contributed by atoms with Gasteiger partial charge in [0.15, 0.2) is 0 Å². The number of aryl methyl sites for hydroxylation is 1. The maximum Gasteiger partial charge on any atom is 0.222 e. The molecule has 0 atom stereocenters. The molecule has 1 aromatic carbocycles. The second-order valence-electron chi connectivity index (χ2n) is 3.97. The molecule has 0 saturated heterocycles. The van der Waals surface area contributed by atoms with Gasteiger partial charge in [0.2, 0.25) is 5.91 Å². The lowest BCUT2D eigenvalue weighted by Crippen LogP contribution is -2.23. The van der Waals surface area contributed by atoms with Crippen LogP contribution >= 0.6 is 0 Å². The van der Waals surface area contributed by atoms with Crippen LogP contribution in [0, 0.1) is 0 Å². The Balaban J connectivity index is 1.75. The molecule has 0 bridgehead atoms. The Labute approximate surface area is 105 Å². The highest BCUT2D eigenvalue weighted by atomic mass is 16.3. The molecule has 2 aromatic rings. The summed E-state index contributed by atoms with van der Waals surface area (Å²) in [6.45, 7) is 0.991. The van der Waals surface area contributed by atoms with Crippen molar-refractivity contribution in [3.63, 3.8) is 0 Å². The van der Waals surface area contributed by atoms with E-state index in [1.165, 1.54) is 0 Å². The van der Waals surface area contributed by atoms with Gasteiger partial charge in [-0.2, -0.15) is 5.10 Å². The quantitative estimate of drug-likeness (QED) is 0.834. The molecule has 5 nitrogen and oxygen atoms in total. The Morgan fingerprint density at radius 1 is 1.39 bits per heavy atom. The van der Waals surface area contributed by atoms with Gasteiger partial charge in [-0.25, -0.2) is 0 Å². The lowest BCUT2D eigenvalue weighted by molar-refractivity contribution is -0.121. The molecule has 0 spiro atoms. The largest absolute Gasteiger partial charge is 0.508 e. The Hall–Kier alpha value is -2.30. The van der Waals surface area contributed by atoms with E-state index in [9.17, 15) is 9.90 Å². The second kappa shape index (κ2) is 5.86. The lowest BCUT2D eigenvalue weighted by Gasteiger charge is -2.06. The van der Waals surface area contributed by atoms with Crippen LogP contribution in [-0.2, 0) is 17.9 Å². The fourth-order valence-corrected chi connectivity index (χ4v) is 1.60. The fraction of sp³-hybridized carbons (Fsp3) is 0.231. The van der Waals surface area contributed by atoms with Gasteiger partial charge in [-0.05, 0) is 23.8 Å². The van der Waals surface area contributed by atoms with Crippen LogP contribution in [0.3, 0.4) is 0 Å². The van der Waals surface area contributed by atoms with Crippen LogP contribution in [-0.4, -0.2) is 20.8 Å². The molecule has 2 rings (SSSR count). The van der Waals surface area contributed by atoms with Crippen molar-refractivity contribution in [1.82, 2.24) is 15.1 Å². The van der Waals surface area contributed by atoms with E-state index in [2.05, 4.69) is 10.4 Å². The summed E-state index contributed by atoms with van der Waals surface area (Å²) in [5, 5.41) is 16.1. The normalized spacial score (nSPS) is 10.2. The molecule has 0 saturated carbocycles. The zero-order valence-corrected chi connectivity index (χ0v) is 9.91. The summed E-state index contributed by atoms with van der Waals surface area (Å²) < 4.78 is 1.72. The summed E-state index contributed by atoms with van der Waals surface area (Å²) in [6, 6.07) is 8.66. The van der Waals surface area contributed by atoms with Gasteiger partial charge in [0.25, 0.3) is 0 Å². The first-order valence-corrected chi connectivity index (χ1v) is 5.76. The molecule has 0 aliphatic rings. The minimum absolute atomic E-state index is 0.0335. The average molecular weight is 245 g/mol. The summed E-state index contributed by atoms with van der Waals surface area (Å²) in [6.07, 6.45) is 3.90. The van der Waals surface area contributed by atoms with Crippen molar-refractivity contribution in [3.8, 4) is 5.75 Å². The molecule has 1 aromatic heterocycles. The third-order valence-corrected chi connectivity index (χ3v) is 2.53. The van der Waals surface area contributed by atoms with Crippen molar-refractivity contribution in [2.24, 2.45) is 0 Å². The summed E-state index contributed by atoms with van der Waals surface area (Å²) in [5.74, 6) is 0.173. The molecule has 0 aliphatic heterocycles. The van der Waals surface area contributed by atoms with Crippen molar-refractivity contribution in [1.29, 1.82) is 0 Å². The van der Waals surface area contributed by atoms with Gasteiger partial charge in [-0.1, -0.05) is 12.1 Å². The first-order valence-electron chi connectivity index (χ1n) is 5.76. The summed E-state index contributed by atoms with van der Waals surface area (Å²) in [5.41, 5.74) is 0.877. The highest BCUT2D eigenvalue weighted by Gasteiger charge is 2.02. The molecule has 0 radical (unpaired) electrons. The number of hydrogen-bond donors (Lipinski definition) is 2. The Morgan fingerprint density at radius 3 is 3.00 bits per heavy atom. The summed E-state index contributed by atoms with van der Waals surface area (Å²) in [7, 11) is 0. The number of nitrogens with one attached hydrogen (secondary N) is 1. The van der Waals surface area contributed by atoms with Crippen LogP contribution in [0.4, 0.5) is 0 Å². The molecule has 0 fully saturated rings. The third kappa shape index (κ3) is 3.62. The first kappa shape index (κ1) is 12.2. The molecular formula is C13H15N3O2. The number of carbonyl (C=O) groups is 1. The Kier molecular flexibility index (Phi) is 3.96. The number of aromatic nitrogens is 2. The number of amides is 1. The second-order valence-corrected chi connectivity index (χ2v) is 3.97. The minimum atomic E-state index is -0.0335. The lowest BCUT2D eigenvalue weighted by atomic mass is 10.2. The van der Waals surface area contributed by atoms with Crippen LogP contribution < -0.4 is 5.32 Å². The number of aromatic hydroxyl groups is 1. The zero-order chi connectivity index (χ0) is 12.8. The first-order chi connectivity index (χ1) is 8.74. The van der Waals surface area contributed by atoms with E-state index >= 15 is 0 Å². The highest BCUT2D eigenvalue weighted by Crippen LogP contribution is 2.10. The van der Waals surface area contributed by atoms with Crippen molar-refractivity contribution in [2.45, 2.75) is 19.5 Å². The van der Waals surface area contributed by atoms with Gasteiger partial charge in [0.1, 0.15) is 5.75 Å². The smallest absolute Gasteiger partial charge is 0.222 e. The van der Waals surface area contributed by atoms with Crippen LogP contribution in [0.2, 0.25) is 0 Å². The number of nitrogens with zero attached hydrogens (tertiary/aromatic N) is 2. The number of phenolic OH excluding ortho intramolecular Hbond substituents is 1. The van der Waals surface area contributed by atoms with E-state index in [1.807, 2.05) is 18.3 Å². The molecular weight excluding hydrogens is 230 g/mol. The number of hydrogen-bond acceptors (Lipinski definition) is 3. The minimum Gasteiger partial charge on any atom is -0.508 e. The Bertz CT molecular complexity index is 509. The van der Waals surface area contributed by atoms with Crippen LogP contribution in [0.5, 0.6) is 5.75 Å². The maximum atomic E-state index is 11.6. The molecule has 1 amide bonds. The molecule has 94 valence electrons. The van der Waals surface area contributed by atoms with E-state index in [4.69, 9.17) is 0 Å². The highest BCUT2D eigenvalue weighted by molar-refractivity contribution is 5.75. The van der Waals surface area contributed by atoms with Gasteiger partial charge in [-0.3, -0.25) is 9.48 Å². The third-order valence-electron chi connectivity index (χ3n) is 2.53. The van der Waals surface area contributed by atoms with Crippen molar-refractivity contribution >= 4 is 5.91 Å². The standard InChI is InChI=1S/C13H15N3O2/c17-12-4-1-3-11(9-12)10-14-13(18)5-8-16-7-2-6-15-16/h1-4,6-7,9,17H,5,8,10H2,(H,14,18). The topological polar surface area (TPSA) is 67.2 Å². The molecule has 5 heteroatoms. The molecule has 2 N–H and O–H groups in total. The SMILES string of the molecule is O=C(CCn1cccn1)NCc1cccc(O)c1. The summed E-state index contributed by atoms with van der Waals surface area (Å²) in [4.78, 5) is 11.6. The van der Waals surface area contributed by atoms with Gasteiger partial charge in [0, 0.05) is 31.9 Å². The van der Waals surface area contributed by atoms with E-state index in [0.29, 0.717) is 19.5 Å². The van der Waals surface area contributed by atoms with Crippen LogP contribution in [0.1, 0.15) is 12.0 Å². The van der Waals surface area contributed by atoms with E-state index in [-0.39, 0.29) is 11.7 Å². The van der Waals surface area contributed by atoms with Crippen molar-refractivity contribution in [3.05, 3.63) is 48.3 Å². The monoisotopic (exact) mass is 245 g/mol. The summed E-state index contributed by atoms with van der Waals surface area (Å²) >= 11 is 0. The number of rotatable bonds is 5. The zero-order valence-electron chi connectivity index (χ0n) is 9.91. The number of phenols is 1. The van der Waals surface area contributed by atoms with Gasteiger partial charge in [0.05, 0.1) is 0 Å². The molecule has 1 heterocycles. The van der Waals surface area contributed by atoms with Gasteiger partial charge >= 0.3 is 0 Å². The van der Waals surface area contributed by atoms with Gasteiger partial charge in [-0.15, -0.1) is 0 Å². The maximum absolute atomic E-state index is 11.6. The molecule has 18 heavy (non-hydrogen) atoms. The van der Waals surface area contributed by atoms with Crippen LogP contribution in [0.15, 0.2) is 42.7 Å². The predicted octanol–water partition coefficient (Wildman–Crippen LogP) is 1.30. The fourth-order valence-electron chi connectivity index (χ4n) is 1.60. The Morgan fingerprint density at radius 2 is 2.28 bits per heavy atom.